The Bertz CT molecular complexity index is 812. The molecule has 1 aromatic heterocycles. The summed E-state index contributed by atoms with van der Waals surface area (Å²) in [6, 6.07) is 5.38. The first-order valence-corrected chi connectivity index (χ1v) is 7.02. The molecule has 0 aliphatic carbocycles. The van der Waals surface area contributed by atoms with Crippen molar-refractivity contribution in [2.45, 2.75) is 13.8 Å². The number of benzene rings is 1. The number of esters is 1. The molecule has 0 bridgehead atoms. The second-order valence-electron chi connectivity index (χ2n) is 5.07. The molecule has 0 fully saturated rings. The lowest BCUT2D eigenvalue weighted by atomic mass is 10.2. The maximum atomic E-state index is 11.9. The van der Waals surface area contributed by atoms with Gasteiger partial charge in [0.15, 0.2) is 6.61 Å². The van der Waals surface area contributed by atoms with E-state index in [2.05, 4.69) is 10.4 Å². The maximum absolute atomic E-state index is 11.9. The number of nitro benzene ring substituents is 1. The predicted molar refractivity (Wildman–Crippen MR) is 84.7 cm³/mol. The van der Waals surface area contributed by atoms with Crippen molar-refractivity contribution in [1.82, 2.24) is 9.78 Å². The van der Waals surface area contributed by atoms with Gasteiger partial charge in [0.1, 0.15) is 5.56 Å². The summed E-state index contributed by atoms with van der Waals surface area (Å²) in [6.45, 7) is 2.97. The molecule has 1 heterocycles. The molecule has 2 aromatic rings. The number of nitrogens with one attached hydrogen (secondary N) is 1. The van der Waals surface area contributed by atoms with E-state index in [1.165, 1.54) is 24.3 Å². The van der Waals surface area contributed by atoms with Crippen molar-refractivity contribution in [3.8, 4) is 0 Å². The Kier molecular flexibility index (Phi) is 4.93. The van der Waals surface area contributed by atoms with Crippen molar-refractivity contribution < 1.29 is 19.2 Å². The Morgan fingerprint density at radius 2 is 2.00 bits per heavy atom. The molecule has 126 valence electrons. The number of aromatic nitrogens is 2. The summed E-state index contributed by atoms with van der Waals surface area (Å²) in [5, 5.41) is 17.7. The zero-order valence-electron chi connectivity index (χ0n) is 13.4. The number of hydrogen-bond donors (Lipinski definition) is 1. The lowest BCUT2D eigenvalue weighted by molar-refractivity contribution is -0.385. The van der Waals surface area contributed by atoms with Gasteiger partial charge in [0.05, 0.1) is 22.0 Å². The van der Waals surface area contributed by atoms with Crippen LogP contribution < -0.4 is 5.32 Å². The van der Waals surface area contributed by atoms with Gasteiger partial charge in [-0.25, -0.2) is 4.79 Å². The molecule has 9 nitrogen and oxygen atoms in total. The number of amides is 1. The highest BCUT2D eigenvalue weighted by atomic mass is 16.6. The Morgan fingerprint density at radius 1 is 1.33 bits per heavy atom. The van der Waals surface area contributed by atoms with Crippen LogP contribution in [0.1, 0.15) is 21.7 Å². The molecule has 0 saturated carbocycles. The van der Waals surface area contributed by atoms with E-state index >= 15 is 0 Å². The van der Waals surface area contributed by atoms with Gasteiger partial charge in [-0.15, -0.1) is 0 Å². The van der Waals surface area contributed by atoms with E-state index in [0.29, 0.717) is 11.4 Å². The molecule has 0 atom stereocenters. The van der Waals surface area contributed by atoms with E-state index in [1.807, 2.05) is 0 Å². The van der Waals surface area contributed by atoms with E-state index in [-0.39, 0.29) is 11.3 Å². The van der Waals surface area contributed by atoms with Crippen molar-refractivity contribution in [2.24, 2.45) is 7.05 Å². The van der Waals surface area contributed by atoms with Crippen LogP contribution in [0.5, 0.6) is 0 Å². The van der Waals surface area contributed by atoms with Gasteiger partial charge >= 0.3 is 5.97 Å². The van der Waals surface area contributed by atoms with E-state index in [0.717, 1.165) is 5.69 Å². The van der Waals surface area contributed by atoms with Gasteiger partial charge in [-0.3, -0.25) is 19.6 Å². The Balaban J connectivity index is 2.02. The highest BCUT2D eigenvalue weighted by molar-refractivity contribution is 5.97. The van der Waals surface area contributed by atoms with Gasteiger partial charge in [0.25, 0.3) is 11.6 Å². The third kappa shape index (κ3) is 3.57. The zero-order chi connectivity index (χ0) is 17.9. The van der Waals surface area contributed by atoms with E-state index < -0.39 is 23.4 Å². The van der Waals surface area contributed by atoms with Gasteiger partial charge in [0.2, 0.25) is 0 Å². The molecule has 0 radical (unpaired) electrons. The van der Waals surface area contributed by atoms with Gasteiger partial charge in [-0.1, -0.05) is 12.1 Å². The standard InChI is InChI=1S/C15H16N4O5/c1-9-14(10(2)18(3)17-9)16-13(20)8-24-15(21)11-6-4-5-7-12(11)19(22)23/h4-7H,8H2,1-3H3,(H,16,20). The van der Waals surface area contributed by atoms with E-state index in [9.17, 15) is 19.7 Å². The first-order valence-electron chi connectivity index (χ1n) is 7.02. The lowest BCUT2D eigenvalue weighted by Crippen LogP contribution is -2.22. The molecule has 9 heteroatoms. The molecule has 1 aromatic carbocycles. The number of carbonyl (C=O) groups is 2. The maximum Gasteiger partial charge on any atom is 0.345 e. The minimum Gasteiger partial charge on any atom is -0.452 e. The van der Waals surface area contributed by atoms with Crippen LogP contribution in [0.2, 0.25) is 0 Å². The molecule has 0 spiro atoms. The van der Waals surface area contributed by atoms with Gasteiger partial charge < -0.3 is 10.1 Å². The van der Waals surface area contributed by atoms with Crippen LogP contribution in [0.25, 0.3) is 0 Å². The van der Waals surface area contributed by atoms with Crippen LogP contribution in [-0.2, 0) is 16.6 Å². The van der Waals surface area contributed by atoms with E-state index in [1.54, 1.807) is 25.6 Å². The van der Waals surface area contributed by atoms with Gasteiger partial charge in [0, 0.05) is 13.1 Å². The Labute approximate surface area is 137 Å². The van der Waals surface area contributed by atoms with Crippen molar-refractivity contribution >= 4 is 23.3 Å². The van der Waals surface area contributed by atoms with E-state index in [4.69, 9.17) is 4.74 Å². The lowest BCUT2D eigenvalue weighted by Gasteiger charge is -2.07. The number of ether oxygens (including phenoxy) is 1. The molecular formula is C15H16N4O5. The van der Waals surface area contributed by atoms with Crippen LogP contribution in [0, 0.1) is 24.0 Å². The van der Waals surface area contributed by atoms with Gasteiger partial charge in [-0.2, -0.15) is 5.10 Å². The predicted octanol–water partition coefficient (Wildman–Crippen LogP) is 1.74. The van der Waals surface area contributed by atoms with Crippen molar-refractivity contribution in [2.75, 3.05) is 11.9 Å². The van der Waals surface area contributed by atoms with Crippen LogP contribution in [0.15, 0.2) is 24.3 Å². The van der Waals surface area contributed by atoms with Crippen molar-refractivity contribution in [3.63, 3.8) is 0 Å². The second kappa shape index (κ2) is 6.90. The minimum absolute atomic E-state index is 0.205. The summed E-state index contributed by atoms with van der Waals surface area (Å²) in [7, 11) is 1.74. The summed E-state index contributed by atoms with van der Waals surface area (Å²) >= 11 is 0. The molecular weight excluding hydrogens is 316 g/mol. The quantitative estimate of drug-likeness (QED) is 0.506. The number of para-hydroxylation sites is 1. The number of rotatable bonds is 5. The molecule has 0 aliphatic rings. The average molecular weight is 332 g/mol. The number of anilines is 1. The molecule has 0 aliphatic heterocycles. The number of nitro groups is 1. The highest BCUT2D eigenvalue weighted by Crippen LogP contribution is 2.19. The fourth-order valence-electron chi connectivity index (χ4n) is 2.14. The van der Waals surface area contributed by atoms with Crippen molar-refractivity contribution in [1.29, 1.82) is 0 Å². The molecule has 0 saturated heterocycles. The second-order valence-corrected chi connectivity index (χ2v) is 5.07. The van der Waals surface area contributed by atoms with Crippen LogP contribution in [-0.4, -0.2) is 33.2 Å². The summed E-state index contributed by atoms with van der Waals surface area (Å²) < 4.78 is 6.47. The number of carbonyl (C=O) groups excluding carboxylic acids is 2. The average Bonchev–Trinajstić information content (AvgIpc) is 2.78. The fourth-order valence-corrected chi connectivity index (χ4v) is 2.14. The normalized spacial score (nSPS) is 10.3. The fraction of sp³-hybridized carbons (Fsp3) is 0.267. The summed E-state index contributed by atoms with van der Waals surface area (Å²) in [6.07, 6.45) is 0. The third-order valence-corrected chi connectivity index (χ3v) is 3.43. The molecule has 2 rings (SSSR count). The van der Waals surface area contributed by atoms with Gasteiger partial charge in [-0.05, 0) is 19.9 Å². The monoisotopic (exact) mass is 332 g/mol. The summed E-state index contributed by atoms with van der Waals surface area (Å²) in [5.41, 5.74) is 1.36. The van der Waals surface area contributed by atoms with Crippen LogP contribution in [0.3, 0.4) is 0 Å². The number of hydrogen-bond acceptors (Lipinski definition) is 6. The Morgan fingerprint density at radius 3 is 2.58 bits per heavy atom. The molecule has 24 heavy (non-hydrogen) atoms. The highest BCUT2D eigenvalue weighted by Gasteiger charge is 2.21. The van der Waals surface area contributed by atoms with Crippen LogP contribution in [0.4, 0.5) is 11.4 Å². The summed E-state index contributed by atoms with van der Waals surface area (Å²) in [4.78, 5) is 34.1. The minimum atomic E-state index is -0.933. The topological polar surface area (TPSA) is 116 Å². The number of aryl methyl sites for hydroxylation is 2. The van der Waals surface area contributed by atoms with Crippen molar-refractivity contribution in [3.05, 3.63) is 51.3 Å². The Hall–Kier alpha value is -3.23. The first-order chi connectivity index (χ1) is 11.3. The SMILES string of the molecule is Cc1nn(C)c(C)c1NC(=O)COC(=O)c1ccccc1[N+](=O)[O-]. The smallest absolute Gasteiger partial charge is 0.345 e. The molecule has 0 unspecified atom stereocenters. The summed E-state index contributed by atoms with van der Waals surface area (Å²) in [5.74, 6) is -1.49. The zero-order valence-corrected chi connectivity index (χ0v) is 13.4. The third-order valence-electron chi connectivity index (χ3n) is 3.43. The first kappa shape index (κ1) is 17.1. The molecule has 1 amide bonds. The van der Waals surface area contributed by atoms with Crippen LogP contribution >= 0.6 is 0 Å². The largest absolute Gasteiger partial charge is 0.452 e. The molecule has 1 N–H and O–H groups in total. The number of nitrogens with zero attached hydrogens (tertiary/aromatic N) is 3.